The van der Waals surface area contributed by atoms with Crippen LogP contribution in [0, 0.1) is 0 Å². The highest BCUT2D eigenvalue weighted by atomic mass is 16.2. The molecule has 9 nitrogen and oxygen atoms in total. The minimum absolute atomic E-state index is 0.102. The number of nitrogens with zero attached hydrogens (tertiary/aromatic N) is 3. The minimum Gasteiger partial charge on any atom is -0.329 e. The van der Waals surface area contributed by atoms with E-state index in [0.717, 1.165) is 49.5 Å². The summed E-state index contributed by atoms with van der Waals surface area (Å²) in [5, 5.41) is 2.25. The van der Waals surface area contributed by atoms with Crippen LogP contribution in [0.1, 0.15) is 58.4 Å². The molecule has 0 radical (unpaired) electrons. The number of nitrogens with one attached hydrogen (secondary N) is 1. The molecule has 1 saturated carbocycles. The summed E-state index contributed by atoms with van der Waals surface area (Å²) in [4.78, 5) is 56.3. The van der Waals surface area contributed by atoms with E-state index in [1.165, 1.54) is 6.42 Å². The third-order valence-corrected chi connectivity index (χ3v) is 7.52. The Hall–Kier alpha value is -2.62. The lowest BCUT2D eigenvalue weighted by Gasteiger charge is -2.56. The predicted molar refractivity (Wildman–Crippen MR) is 116 cm³/mol. The molecular formula is C23H29N5O4. The van der Waals surface area contributed by atoms with Crippen molar-refractivity contribution in [2.75, 3.05) is 32.7 Å². The second kappa shape index (κ2) is 8.06. The molecule has 3 N–H and O–H groups in total. The fraction of sp³-hybridized carbons (Fsp3) is 0.565. The Labute approximate surface area is 186 Å². The number of fused-ring (bicyclic) bond motifs is 1. The number of hydrogen-bond donors (Lipinski definition) is 2. The summed E-state index contributed by atoms with van der Waals surface area (Å²) < 4.78 is 0. The second-order valence-corrected chi connectivity index (χ2v) is 9.35. The van der Waals surface area contributed by atoms with Crippen molar-refractivity contribution < 1.29 is 19.2 Å². The molecule has 2 saturated heterocycles. The van der Waals surface area contributed by atoms with Gasteiger partial charge < -0.3 is 5.73 Å². The molecule has 4 aliphatic rings. The molecule has 0 aromatic heterocycles. The minimum atomic E-state index is -0.939. The Morgan fingerprint density at radius 1 is 1.09 bits per heavy atom. The van der Waals surface area contributed by atoms with Gasteiger partial charge in [0, 0.05) is 51.2 Å². The molecule has 0 bridgehead atoms. The van der Waals surface area contributed by atoms with E-state index in [-0.39, 0.29) is 24.3 Å². The van der Waals surface area contributed by atoms with Gasteiger partial charge in [0.25, 0.3) is 11.8 Å². The summed E-state index contributed by atoms with van der Waals surface area (Å²) in [6, 6.07) is 4.44. The second-order valence-electron chi connectivity index (χ2n) is 9.35. The van der Waals surface area contributed by atoms with Gasteiger partial charge >= 0.3 is 0 Å². The van der Waals surface area contributed by atoms with Gasteiger partial charge in [0.2, 0.25) is 11.8 Å². The highest BCUT2D eigenvalue weighted by Crippen LogP contribution is 2.42. The lowest BCUT2D eigenvalue weighted by molar-refractivity contribution is -0.136. The molecule has 3 aliphatic heterocycles. The Kier molecular flexibility index (Phi) is 5.35. The maximum atomic E-state index is 13.4. The number of hydrogen-bond acceptors (Lipinski definition) is 7. The van der Waals surface area contributed by atoms with Crippen LogP contribution in [0.3, 0.4) is 0 Å². The van der Waals surface area contributed by atoms with Crippen LogP contribution in [0.4, 0.5) is 0 Å². The first-order chi connectivity index (χ1) is 15.4. The van der Waals surface area contributed by atoms with Gasteiger partial charge in [-0.25, -0.2) is 0 Å². The SMILES string of the molecule is NCCN1CCN(Cc2cccc3c2C(=O)N(C2CCC(=O)NC2=O)C3=O)C2(CCC2)C1. The molecule has 1 aliphatic carbocycles. The number of imide groups is 2. The standard InChI is InChI=1S/C23H29N5O4/c24-9-10-26-11-12-27(23(14-26)7-2-8-23)13-15-3-1-4-16-19(15)22(32)28(21(16)31)17-5-6-18(29)25-20(17)30/h1,3-4,17H,2,5-14,24H2,(H,25,29,30). The third kappa shape index (κ3) is 3.35. The Bertz CT molecular complexity index is 989. The molecule has 3 fully saturated rings. The highest BCUT2D eigenvalue weighted by molar-refractivity contribution is 6.24. The summed E-state index contributed by atoms with van der Waals surface area (Å²) >= 11 is 0. The largest absolute Gasteiger partial charge is 0.329 e. The zero-order valence-corrected chi connectivity index (χ0v) is 18.1. The summed E-state index contributed by atoms with van der Waals surface area (Å²) in [7, 11) is 0. The van der Waals surface area contributed by atoms with Gasteiger partial charge in [0.05, 0.1) is 11.1 Å². The monoisotopic (exact) mass is 439 g/mol. The molecule has 5 rings (SSSR count). The fourth-order valence-electron chi connectivity index (χ4n) is 5.70. The lowest BCUT2D eigenvalue weighted by atomic mass is 9.73. The van der Waals surface area contributed by atoms with Crippen molar-refractivity contribution in [3.05, 3.63) is 34.9 Å². The van der Waals surface area contributed by atoms with Crippen molar-refractivity contribution in [2.45, 2.75) is 50.2 Å². The number of carbonyl (C=O) groups is 4. The normalized spacial score (nSPS) is 25.8. The van der Waals surface area contributed by atoms with Crippen LogP contribution in [0.2, 0.25) is 0 Å². The van der Waals surface area contributed by atoms with E-state index in [0.29, 0.717) is 24.2 Å². The Morgan fingerprint density at radius 2 is 1.91 bits per heavy atom. The molecule has 1 spiro atoms. The number of amides is 4. The van der Waals surface area contributed by atoms with E-state index in [4.69, 9.17) is 5.73 Å². The molecule has 1 atom stereocenters. The maximum absolute atomic E-state index is 13.4. The quantitative estimate of drug-likeness (QED) is 0.625. The number of benzene rings is 1. The highest BCUT2D eigenvalue weighted by Gasteiger charge is 2.48. The fourth-order valence-corrected chi connectivity index (χ4v) is 5.70. The van der Waals surface area contributed by atoms with E-state index in [1.54, 1.807) is 6.07 Å². The molecule has 9 heteroatoms. The third-order valence-electron chi connectivity index (χ3n) is 7.52. The molecule has 1 unspecified atom stereocenters. The van der Waals surface area contributed by atoms with Crippen molar-refractivity contribution in [1.82, 2.24) is 20.0 Å². The molecule has 3 heterocycles. The van der Waals surface area contributed by atoms with E-state index in [9.17, 15) is 19.2 Å². The first kappa shape index (κ1) is 21.2. The van der Waals surface area contributed by atoms with Crippen LogP contribution in [0.15, 0.2) is 18.2 Å². The van der Waals surface area contributed by atoms with Gasteiger partial charge in [0.15, 0.2) is 0 Å². The van der Waals surface area contributed by atoms with Crippen LogP contribution in [-0.2, 0) is 16.1 Å². The molecule has 1 aromatic carbocycles. The topological polar surface area (TPSA) is 116 Å². The van der Waals surface area contributed by atoms with Crippen LogP contribution < -0.4 is 11.1 Å². The van der Waals surface area contributed by atoms with E-state index in [1.807, 2.05) is 12.1 Å². The predicted octanol–water partition coefficient (Wildman–Crippen LogP) is 0.0868. The number of carbonyl (C=O) groups excluding carboxylic acids is 4. The van der Waals surface area contributed by atoms with E-state index in [2.05, 4.69) is 15.1 Å². The molecule has 32 heavy (non-hydrogen) atoms. The Morgan fingerprint density at radius 3 is 2.59 bits per heavy atom. The van der Waals surface area contributed by atoms with E-state index >= 15 is 0 Å². The Balaban J connectivity index is 1.40. The zero-order valence-electron chi connectivity index (χ0n) is 18.1. The average molecular weight is 440 g/mol. The number of nitrogens with two attached hydrogens (primary N) is 1. The van der Waals surface area contributed by atoms with Crippen LogP contribution in [0.25, 0.3) is 0 Å². The van der Waals surface area contributed by atoms with Gasteiger partial charge in [-0.05, 0) is 37.3 Å². The van der Waals surface area contributed by atoms with Gasteiger partial charge in [-0.2, -0.15) is 0 Å². The number of piperidine rings is 1. The molecule has 1 aromatic rings. The number of piperazine rings is 1. The lowest BCUT2D eigenvalue weighted by Crippen LogP contribution is -2.65. The van der Waals surface area contributed by atoms with Crippen LogP contribution in [0.5, 0.6) is 0 Å². The van der Waals surface area contributed by atoms with Crippen molar-refractivity contribution >= 4 is 23.6 Å². The van der Waals surface area contributed by atoms with Crippen molar-refractivity contribution in [1.29, 1.82) is 0 Å². The van der Waals surface area contributed by atoms with Crippen LogP contribution in [-0.4, -0.2) is 82.6 Å². The summed E-state index contributed by atoms with van der Waals surface area (Å²) in [5.74, 6) is -1.84. The van der Waals surface area contributed by atoms with Gasteiger partial charge in [-0.15, -0.1) is 0 Å². The molecule has 4 amide bonds. The van der Waals surface area contributed by atoms with Crippen molar-refractivity contribution in [3.63, 3.8) is 0 Å². The smallest absolute Gasteiger partial charge is 0.262 e. The summed E-state index contributed by atoms with van der Waals surface area (Å²) in [6.07, 6.45) is 3.72. The zero-order chi connectivity index (χ0) is 22.5. The molecule has 170 valence electrons. The van der Waals surface area contributed by atoms with Gasteiger partial charge in [0.1, 0.15) is 6.04 Å². The van der Waals surface area contributed by atoms with Crippen molar-refractivity contribution in [3.8, 4) is 0 Å². The van der Waals surface area contributed by atoms with Crippen molar-refractivity contribution in [2.24, 2.45) is 5.73 Å². The first-order valence-electron chi connectivity index (χ1n) is 11.4. The summed E-state index contributed by atoms with van der Waals surface area (Å²) in [5.41, 5.74) is 7.45. The van der Waals surface area contributed by atoms with Gasteiger partial charge in [-0.3, -0.25) is 39.2 Å². The maximum Gasteiger partial charge on any atom is 0.262 e. The average Bonchev–Trinajstić information content (AvgIpc) is 2.99. The first-order valence-corrected chi connectivity index (χ1v) is 11.4. The number of rotatable bonds is 5. The molecular weight excluding hydrogens is 410 g/mol. The van der Waals surface area contributed by atoms with Crippen LogP contribution >= 0.6 is 0 Å². The van der Waals surface area contributed by atoms with Gasteiger partial charge in [-0.1, -0.05) is 12.1 Å². The van der Waals surface area contributed by atoms with E-state index < -0.39 is 23.8 Å². The summed E-state index contributed by atoms with van der Waals surface area (Å²) in [6.45, 7) is 4.95.